The van der Waals surface area contributed by atoms with Crippen LogP contribution in [0.1, 0.15) is 0 Å². The van der Waals surface area contributed by atoms with E-state index in [1.54, 1.807) is 18.2 Å². The van der Waals surface area contributed by atoms with E-state index in [9.17, 15) is 18.3 Å². The lowest BCUT2D eigenvalue weighted by molar-refractivity contribution is -0.123. The van der Waals surface area contributed by atoms with Crippen molar-refractivity contribution >= 4 is 44.6 Å². The van der Waals surface area contributed by atoms with E-state index >= 15 is 0 Å². The Balaban J connectivity index is 2.06. The number of halogens is 2. The number of nitrogens with one attached hydrogen (secondary N) is 1. The van der Waals surface area contributed by atoms with Crippen LogP contribution in [0.5, 0.6) is 0 Å². The Hall–Kier alpha value is -1.60. The standard InChI is InChI=1S/C15H13Cl2NO4S/c16-12-7-6-10(8-13(12)17)18-15(20)14(19)9-23(21,22)11-4-2-1-3-5-11/h1-8,14,19H,9H2,(H,18,20). The minimum Gasteiger partial charge on any atom is -0.382 e. The Morgan fingerprint density at radius 2 is 1.74 bits per heavy atom. The van der Waals surface area contributed by atoms with Crippen LogP contribution >= 0.6 is 23.2 Å². The molecule has 1 unspecified atom stereocenters. The number of carbonyl (C=O) groups excluding carboxylic acids is 1. The molecule has 0 radical (unpaired) electrons. The Bertz CT molecular complexity index is 809. The zero-order valence-corrected chi connectivity index (χ0v) is 14.1. The van der Waals surface area contributed by atoms with Crippen LogP contribution in [0.2, 0.25) is 10.0 Å². The number of aliphatic hydroxyl groups excluding tert-OH is 1. The second kappa shape index (κ2) is 7.31. The average Bonchev–Trinajstić information content (AvgIpc) is 2.51. The van der Waals surface area contributed by atoms with Gasteiger partial charge in [0.2, 0.25) is 0 Å². The maximum absolute atomic E-state index is 12.1. The van der Waals surface area contributed by atoms with Crippen molar-refractivity contribution < 1.29 is 18.3 Å². The monoisotopic (exact) mass is 373 g/mol. The highest BCUT2D eigenvalue weighted by molar-refractivity contribution is 7.91. The molecule has 122 valence electrons. The molecule has 0 fully saturated rings. The molecule has 1 atom stereocenters. The zero-order valence-electron chi connectivity index (χ0n) is 11.7. The highest BCUT2D eigenvalue weighted by Crippen LogP contribution is 2.25. The van der Waals surface area contributed by atoms with Gasteiger partial charge in [-0.15, -0.1) is 0 Å². The van der Waals surface area contributed by atoms with E-state index in [4.69, 9.17) is 23.2 Å². The third-order valence-electron chi connectivity index (χ3n) is 2.97. The Kier molecular flexibility index (Phi) is 5.64. The van der Waals surface area contributed by atoms with Gasteiger partial charge in [-0.3, -0.25) is 4.79 Å². The summed E-state index contributed by atoms with van der Waals surface area (Å²) in [5.74, 6) is -1.56. The van der Waals surface area contributed by atoms with E-state index in [0.29, 0.717) is 10.7 Å². The highest BCUT2D eigenvalue weighted by Gasteiger charge is 2.25. The lowest BCUT2D eigenvalue weighted by atomic mass is 10.3. The first-order chi connectivity index (χ1) is 10.8. The van der Waals surface area contributed by atoms with Crippen LogP contribution in [0.4, 0.5) is 5.69 Å². The second-order valence-corrected chi connectivity index (χ2v) is 7.58. The summed E-state index contributed by atoms with van der Waals surface area (Å²) >= 11 is 11.6. The second-order valence-electron chi connectivity index (χ2n) is 4.73. The van der Waals surface area contributed by atoms with Gasteiger partial charge >= 0.3 is 0 Å². The smallest absolute Gasteiger partial charge is 0.254 e. The van der Waals surface area contributed by atoms with E-state index in [1.807, 2.05) is 0 Å². The fourth-order valence-corrected chi connectivity index (χ4v) is 3.44. The van der Waals surface area contributed by atoms with Crippen molar-refractivity contribution in [3.63, 3.8) is 0 Å². The SMILES string of the molecule is O=C(Nc1ccc(Cl)c(Cl)c1)C(O)CS(=O)(=O)c1ccccc1. The van der Waals surface area contributed by atoms with Crippen LogP contribution in [0.15, 0.2) is 53.4 Å². The summed E-state index contributed by atoms with van der Waals surface area (Å²) in [6.45, 7) is 0. The van der Waals surface area contributed by atoms with Crippen LogP contribution in [-0.2, 0) is 14.6 Å². The van der Waals surface area contributed by atoms with Gasteiger partial charge in [-0.25, -0.2) is 8.42 Å². The molecule has 1 amide bonds. The van der Waals surface area contributed by atoms with Gasteiger partial charge in [0.05, 0.1) is 20.7 Å². The van der Waals surface area contributed by atoms with Crippen molar-refractivity contribution in [2.45, 2.75) is 11.0 Å². The van der Waals surface area contributed by atoms with E-state index in [-0.39, 0.29) is 9.92 Å². The molecule has 0 aliphatic carbocycles. The number of amides is 1. The van der Waals surface area contributed by atoms with Crippen LogP contribution in [0.3, 0.4) is 0 Å². The number of sulfone groups is 1. The number of hydrogen-bond donors (Lipinski definition) is 2. The molecule has 2 aromatic carbocycles. The summed E-state index contributed by atoms with van der Waals surface area (Å²) in [6.07, 6.45) is -1.71. The largest absolute Gasteiger partial charge is 0.382 e. The first-order valence-corrected chi connectivity index (χ1v) is 8.92. The molecular weight excluding hydrogens is 361 g/mol. The molecule has 0 aliphatic heterocycles. The minimum absolute atomic E-state index is 0.0430. The number of rotatable bonds is 5. The summed E-state index contributed by atoms with van der Waals surface area (Å²) in [5.41, 5.74) is 0.306. The van der Waals surface area contributed by atoms with Crippen molar-refractivity contribution in [1.82, 2.24) is 0 Å². The summed E-state index contributed by atoms with van der Waals surface area (Å²) in [6, 6.07) is 12.0. The Morgan fingerprint density at radius 3 is 2.35 bits per heavy atom. The van der Waals surface area contributed by atoms with Gasteiger partial charge < -0.3 is 10.4 Å². The molecule has 0 heterocycles. The van der Waals surface area contributed by atoms with E-state index in [0.717, 1.165) is 0 Å². The lowest BCUT2D eigenvalue weighted by Crippen LogP contribution is -2.34. The van der Waals surface area contributed by atoms with Gasteiger partial charge in [-0.1, -0.05) is 41.4 Å². The van der Waals surface area contributed by atoms with Crippen molar-refractivity contribution in [3.05, 3.63) is 58.6 Å². The quantitative estimate of drug-likeness (QED) is 0.843. The predicted octanol–water partition coefficient (Wildman–Crippen LogP) is 2.77. The summed E-state index contributed by atoms with van der Waals surface area (Å²) in [4.78, 5) is 12.0. The third kappa shape index (κ3) is 4.68. The Morgan fingerprint density at radius 1 is 1.09 bits per heavy atom. The van der Waals surface area contributed by atoms with Gasteiger partial charge in [-0.2, -0.15) is 0 Å². The number of benzene rings is 2. The van der Waals surface area contributed by atoms with Crippen LogP contribution in [0, 0.1) is 0 Å². The van der Waals surface area contributed by atoms with Gasteiger partial charge in [0.15, 0.2) is 9.84 Å². The number of anilines is 1. The normalized spacial score (nSPS) is 12.7. The molecule has 2 aromatic rings. The molecular formula is C15H13Cl2NO4S. The topological polar surface area (TPSA) is 83.5 Å². The number of aliphatic hydroxyl groups is 1. The number of hydrogen-bond acceptors (Lipinski definition) is 4. The van der Waals surface area contributed by atoms with Gasteiger partial charge in [0.1, 0.15) is 6.10 Å². The minimum atomic E-state index is -3.77. The average molecular weight is 374 g/mol. The van der Waals surface area contributed by atoms with Crippen molar-refractivity contribution in [3.8, 4) is 0 Å². The molecule has 0 aliphatic rings. The predicted molar refractivity (Wildman–Crippen MR) is 89.6 cm³/mol. The first kappa shape index (κ1) is 17.7. The summed E-state index contributed by atoms with van der Waals surface area (Å²) < 4.78 is 24.2. The van der Waals surface area contributed by atoms with Crippen LogP contribution in [-0.4, -0.2) is 31.3 Å². The van der Waals surface area contributed by atoms with E-state index in [2.05, 4.69) is 5.32 Å². The Labute approximate surface area is 143 Å². The van der Waals surface area contributed by atoms with Gasteiger partial charge in [-0.05, 0) is 30.3 Å². The molecule has 0 aromatic heterocycles. The molecule has 0 bridgehead atoms. The fraction of sp³-hybridized carbons (Fsp3) is 0.133. The molecule has 0 saturated heterocycles. The van der Waals surface area contributed by atoms with Gasteiger partial charge in [0.25, 0.3) is 5.91 Å². The van der Waals surface area contributed by atoms with Crippen molar-refractivity contribution in [2.24, 2.45) is 0 Å². The molecule has 2 N–H and O–H groups in total. The van der Waals surface area contributed by atoms with Crippen LogP contribution in [0.25, 0.3) is 0 Å². The van der Waals surface area contributed by atoms with Crippen LogP contribution < -0.4 is 5.32 Å². The third-order valence-corrected chi connectivity index (χ3v) is 5.45. The van der Waals surface area contributed by atoms with Crippen molar-refractivity contribution in [1.29, 1.82) is 0 Å². The molecule has 0 saturated carbocycles. The highest BCUT2D eigenvalue weighted by atomic mass is 35.5. The summed E-state index contributed by atoms with van der Waals surface area (Å²) in [5, 5.41) is 12.8. The van der Waals surface area contributed by atoms with E-state index < -0.39 is 27.6 Å². The zero-order chi connectivity index (χ0) is 17.0. The first-order valence-electron chi connectivity index (χ1n) is 6.51. The molecule has 23 heavy (non-hydrogen) atoms. The lowest BCUT2D eigenvalue weighted by Gasteiger charge is -2.12. The number of carbonyl (C=O) groups is 1. The maximum Gasteiger partial charge on any atom is 0.254 e. The molecule has 0 spiro atoms. The van der Waals surface area contributed by atoms with Gasteiger partial charge in [0, 0.05) is 5.69 Å². The molecule has 2 rings (SSSR count). The molecule has 5 nitrogen and oxygen atoms in total. The summed E-state index contributed by atoms with van der Waals surface area (Å²) in [7, 11) is -3.77. The molecule has 8 heteroatoms. The fourth-order valence-electron chi connectivity index (χ4n) is 1.81. The van der Waals surface area contributed by atoms with Crippen molar-refractivity contribution in [2.75, 3.05) is 11.1 Å². The van der Waals surface area contributed by atoms with E-state index in [1.165, 1.54) is 30.3 Å². The maximum atomic E-state index is 12.1.